The monoisotopic (exact) mass is 921 g/mol. The Balaban J connectivity index is 0.805. The fourth-order valence-electron chi connectivity index (χ4n) is 13.3. The molecule has 0 radical (unpaired) electrons. The lowest BCUT2D eigenvalue weighted by Crippen LogP contribution is -2.63. The highest BCUT2D eigenvalue weighted by Gasteiger charge is 2.41. The summed E-state index contributed by atoms with van der Waals surface area (Å²) >= 11 is 0. The molecule has 4 atom stereocenters. The van der Waals surface area contributed by atoms with Crippen molar-refractivity contribution in [3.05, 3.63) is 61.4 Å². The summed E-state index contributed by atoms with van der Waals surface area (Å²) in [5.41, 5.74) is 6.17. The average molecular weight is 921 g/mol. The molecule has 0 bridgehead atoms. The summed E-state index contributed by atoms with van der Waals surface area (Å²) in [7, 11) is 0. The molecule has 0 saturated carbocycles. The Labute approximate surface area is 401 Å². The summed E-state index contributed by atoms with van der Waals surface area (Å²) in [6.45, 7) is 20.4. The summed E-state index contributed by atoms with van der Waals surface area (Å²) in [4.78, 5) is 62.5. The molecule has 360 valence electrons. The predicted molar refractivity (Wildman–Crippen MR) is 273 cm³/mol. The molecule has 2 N–H and O–H groups in total. The number of hydrogen-bond acceptors (Lipinski definition) is 13. The first-order chi connectivity index (χ1) is 33.6. The lowest BCUT2D eigenvalue weighted by atomic mass is 9.91. The summed E-state index contributed by atoms with van der Waals surface area (Å²) < 4.78 is 0. The smallest absolute Gasteiger partial charge is 0.169 e. The molecular formula is C53H72N14O. The molecule has 0 aromatic carbocycles. The molecule has 15 nitrogen and oxygen atoms in total. The molecule has 0 spiro atoms. The van der Waals surface area contributed by atoms with Crippen molar-refractivity contribution in [1.29, 1.82) is 0 Å². The molecule has 6 saturated heterocycles. The Morgan fingerprint density at radius 2 is 0.956 bits per heavy atom. The normalized spacial score (nSPS) is 24.6. The van der Waals surface area contributed by atoms with Gasteiger partial charge in [0, 0.05) is 149 Å². The lowest BCUT2D eigenvalue weighted by Gasteiger charge is -2.46. The second-order valence-corrected chi connectivity index (χ2v) is 21.2. The zero-order chi connectivity index (χ0) is 45.4. The van der Waals surface area contributed by atoms with Crippen LogP contribution in [0.4, 0.5) is 11.4 Å². The van der Waals surface area contributed by atoms with Gasteiger partial charge in [-0.25, -0.2) is 19.9 Å². The van der Waals surface area contributed by atoms with Crippen molar-refractivity contribution in [2.45, 2.75) is 63.5 Å². The van der Waals surface area contributed by atoms with Crippen LogP contribution >= 0.6 is 0 Å². The van der Waals surface area contributed by atoms with Gasteiger partial charge >= 0.3 is 0 Å². The summed E-state index contributed by atoms with van der Waals surface area (Å²) in [6, 6.07) is 8.40. The van der Waals surface area contributed by atoms with Gasteiger partial charge in [0.15, 0.2) is 17.1 Å². The van der Waals surface area contributed by atoms with E-state index >= 15 is 4.79 Å². The van der Waals surface area contributed by atoms with E-state index in [1.807, 2.05) is 37.2 Å². The van der Waals surface area contributed by atoms with Crippen LogP contribution in [0, 0.1) is 11.8 Å². The van der Waals surface area contributed by atoms with Crippen LogP contribution in [-0.4, -0.2) is 208 Å². The number of fused-ring (bicyclic) bond motifs is 6. The van der Waals surface area contributed by atoms with Gasteiger partial charge in [-0.15, -0.1) is 0 Å². The van der Waals surface area contributed by atoms with E-state index in [0.717, 1.165) is 125 Å². The Morgan fingerprint density at radius 1 is 0.515 bits per heavy atom. The third kappa shape index (κ3) is 9.22. The number of aromatic nitrogens is 6. The van der Waals surface area contributed by atoms with Crippen LogP contribution in [-0.2, 0) is 4.79 Å². The third-order valence-corrected chi connectivity index (χ3v) is 16.9. The third-order valence-electron chi connectivity index (χ3n) is 16.9. The van der Waals surface area contributed by atoms with E-state index in [0.29, 0.717) is 17.6 Å². The molecular weight excluding hydrogens is 849 g/mol. The van der Waals surface area contributed by atoms with Gasteiger partial charge < -0.3 is 29.6 Å². The Kier molecular flexibility index (Phi) is 13.0. The van der Waals surface area contributed by atoms with Crippen molar-refractivity contribution < 1.29 is 4.79 Å². The number of Topliss-reactive ketones (excluding diaryl/α,β-unsaturated/α-hetero) is 1. The molecule has 6 aliphatic rings. The number of nitrogens with one attached hydrogen (secondary N) is 2. The summed E-state index contributed by atoms with van der Waals surface area (Å²) in [5.74, 6) is 1.71. The standard InChI is InChI=1S/C53H72N14O/c68-51(47(66-21-5-7-39(35-66)33-60-17-1-2-18-60)37-62-23-27-64(28-24-62)45-11-15-54-43-31-58-52-41(49(43)45)9-13-56-52)48(67-22-6-8-40(36-67)34-61-19-3-4-20-61)38-63-25-29-65(30-26-63)46-12-16-55-44-32-59-53-42(50(44)46)10-14-57-53/h9-16,31-32,39-40,47-48,54-55H,1-8,17-30,33-38H2. The van der Waals surface area contributed by atoms with E-state index in [-0.39, 0.29) is 12.1 Å². The molecule has 6 aromatic heterocycles. The maximum absolute atomic E-state index is 16.1. The van der Waals surface area contributed by atoms with Crippen LogP contribution in [0.2, 0.25) is 0 Å². The number of hydrogen-bond donors (Lipinski definition) is 2. The van der Waals surface area contributed by atoms with Crippen molar-refractivity contribution in [3.63, 3.8) is 0 Å². The largest absolute Gasteiger partial charge is 0.368 e. The van der Waals surface area contributed by atoms with E-state index in [1.54, 1.807) is 0 Å². The van der Waals surface area contributed by atoms with Crippen LogP contribution in [0.15, 0.2) is 61.4 Å². The topological polar surface area (TPSA) is 126 Å². The van der Waals surface area contributed by atoms with E-state index in [9.17, 15) is 0 Å². The highest BCUT2D eigenvalue weighted by Crippen LogP contribution is 2.34. The molecule has 6 aromatic rings. The zero-order valence-electron chi connectivity index (χ0n) is 40.2. The minimum atomic E-state index is -0.123. The number of piperidine rings is 2. The fourth-order valence-corrected chi connectivity index (χ4v) is 13.3. The summed E-state index contributed by atoms with van der Waals surface area (Å²) in [5, 5.41) is 4.61. The highest BCUT2D eigenvalue weighted by atomic mass is 16.1. The second-order valence-electron chi connectivity index (χ2n) is 21.2. The first kappa shape index (κ1) is 44.4. The van der Waals surface area contributed by atoms with Gasteiger partial charge in [0.05, 0.1) is 35.5 Å². The predicted octanol–water partition coefficient (Wildman–Crippen LogP) is 5.40. The van der Waals surface area contributed by atoms with Gasteiger partial charge in [-0.05, 0) is 127 Å². The van der Waals surface area contributed by atoms with Crippen molar-refractivity contribution in [2.75, 3.05) is 141 Å². The number of carbonyl (C=O) groups is 1. The minimum absolute atomic E-state index is 0.123. The van der Waals surface area contributed by atoms with Crippen LogP contribution in [0.25, 0.3) is 43.9 Å². The van der Waals surface area contributed by atoms with Crippen molar-refractivity contribution in [3.8, 4) is 0 Å². The quantitative estimate of drug-likeness (QED) is 0.145. The SMILES string of the molecule is O=C(C(CN1CCN(c2cc[nH]c3cnc4nccc4c23)CC1)N1CCCC(CN2CCCC2)C1)C(CN1CCN(c2cc[nH]c3cnc4nccc4c23)CC1)N1CCCC(CN2CCCC2)C1. The number of pyridine rings is 4. The lowest BCUT2D eigenvalue weighted by molar-refractivity contribution is -0.133. The van der Waals surface area contributed by atoms with Gasteiger partial charge in [0.1, 0.15) is 0 Å². The number of piperazine rings is 2. The average Bonchev–Trinajstić information content (AvgIpc) is 4.25. The fraction of sp³-hybridized carbons (Fsp3) is 0.604. The molecule has 15 heteroatoms. The minimum Gasteiger partial charge on any atom is -0.368 e. The highest BCUT2D eigenvalue weighted by molar-refractivity contribution is 6.11. The van der Waals surface area contributed by atoms with Gasteiger partial charge in [-0.1, -0.05) is 0 Å². The van der Waals surface area contributed by atoms with E-state index < -0.39 is 0 Å². The number of anilines is 2. The van der Waals surface area contributed by atoms with Crippen LogP contribution in [0.1, 0.15) is 51.4 Å². The molecule has 4 unspecified atom stereocenters. The molecule has 6 fully saturated rings. The van der Waals surface area contributed by atoms with Crippen molar-refractivity contribution >= 4 is 61.0 Å². The molecule has 12 heterocycles. The number of nitrogens with zero attached hydrogens (tertiary/aromatic N) is 12. The Bertz CT molecular complexity index is 2480. The van der Waals surface area contributed by atoms with Gasteiger partial charge in [-0.2, -0.15) is 0 Å². The number of likely N-dealkylation sites (tertiary alicyclic amines) is 4. The molecule has 12 rings (SSSR count). The van der Waals surface area contributed by atoms with E-state index in [1.165, 1.54) is 113 Å². The molecule has 6 aliphatic heterocycles. The van der Waals surface area contributed by atoms with Crippen LogP contribution < -0.4 is 9.80 Å². The Hall–Kier alpha value is -4.77. The van der Waals surface area contributed by atoms with Gasteiger partial charge in [0.2, 0.25) is 0 Å². The molecule has 68 heavy (non-hydrogen) atoms. The molecule has 0 amide bonds. The van der Waals surface area contributed by atoms with Crippen molar-refractivity contribution in [1.82, 2.24) is 59.3 Å². The van der Waals surface area contributed by atoms with E-state index in [4.69, 9.17) is 0 Å². The van der Waals surface area contributed by atoms with Gasteiger partial charge in [-0.3, -0.25) is 24.4 Å². The number of aromatic amines is 2. The maximum atomic E-state index is 16.1. The summed E-state index contributed by atoms with van der Waals surface area (Å²) in [6.07, 6.45) is 21.9. The van der Waals surface area contributed by atoms with E-state index in [2.05, 4.69) is 93.4 Å². The maximum Gasteiger partial charge on any atom is 0.169 e. The number of carbonyl (C=O) groups excluding carboxylic acids is 1. The second kappa shape index (κ2) is 19.9. The zero-order valence-corrected chi connectivity index (χ0v) is 40.2. The number of ketones is 1. The van der Waals surface area contributed by atoms with Crippen molar-refractivity contribution in [2.24, 2.45) is 11.8 Å². The Morgan fingerprint density at radius 3 is 1.40 bits per heavy atom. The van der Waals surface area contributed by atoms with Crippen LogP contribution in [0.3, 0.4) is 0 Å². The van der Waals surface area contributed by atoms with Crippen LogP contribution in [0.5, 0.6) is 0 Å². The number of H-pyrrole nitrogens is 2. The first-order valence-electron chi connectivity index (χ1n) is 26.4. The molecule has 0 aliphatic carbocycles. The number of rotatable bonds is 14. The first-order valence-corrected chi connectivity index (χ1v) is 26.4. The van der Waals surface area contributed by atoms with Gasteiger partial charge in [0.25, 0.3) is 0 Å².